The molecule has 1 aliphatic carbocycles. The molecule has 1 heterocycles. The van der Waals surface area contributed by atoms with Crippen LogP contribution in [0, 0.1) is 5.92 Å². The second-order valence-corrected chi connectivity index (χ2v) is 5.81. The molecule has 1 saturated carbocycles. The standard InChI is InChI=1S/C13H21N3OS.2ClH/c1-2-13-15-10(8-18-13)6-12(17)16-11-5-3-4-9(11)7-14;;/h8-9,11H,2-7,14H2,1H3,(H,16,17);2*1H. The molecular weight excluding hydrogens is 317 g/mol. The number of rotatable bonds is 5. The van der Waals surface area contributed by atoms with E-state index in [0.29, 0.717) is 18.9 Å². The Morgan fingerprint density at radius 2 is 2.25 bits per heavy atom. The number of nitrogens with two attached hydrogens (primary N) is 1. The van der Waals surface area contributed by atoms with Gasteiger partial charge in [0.2, 0.25) is 5.91 Å². The summed E-state index contributed by atoms with van der Waals surface area (Å²) in [7, 11) is 0. The molecule has 1 amide bonds. The molecule has 1 aromatic rings. The number of aromatic nitrogens is 1. The maximum atomic E-state index is 11.9. The second-order valence-electron chi connectivity index (χ2n) is 4.86. The van der Waals surface area contributed by atoms with Gasteiger partial charge in [0.15, 0.2) is 0 Å². The van der Waals surface area contributed by atoms with E-state index in [1.54, 1.807) is 11.3 Å². The van der Waals surface area contributed by atoms with Gasteiger partial charge in [0.1, 0.15) is 0 Å². The lowest BCUT2D eigenvalue weighted by atomic mass is 10.0. The van der Waals surface area contributed by atoms with Crippen LogP contribution in [0.3, 0.4) is 0 Å². The van der Waals surface area contributed by atoms with Crippen LogP contribution < -0.4 is 11.1 Å². The number of carbonyl (C=O) groups excluding carboxylic acids is 1. The van der Waals surface area contributed by atoms with Gasteiger partial charge in [-0.25, -0.2) is 4.98 Å². The van der Waals surface area contributed by atoms with E-state index in [1.807, 2.05) is 5.38 Å². The summed E-state index contributed by atoms with van der Waals surface area (Å²) in [4.78, 5) is 16.4. The Labute approximate surface area is 136 Å². The van der Waals surface area contributed by atoms with Crippen LogP contribution in [-0.2, 0) is 17.6 Å². The minimum absolute atomic E-state index is 0. The Bertz CT molecular complexity index is 414. The Balaban J connectivity index is 0.00000180. The highest BCUT2D eigenvalue weighted by molar-refractivity contribution is 7.09. The molecule has 0 aliphatic heterocycles. The predicted octanol–water partition coefficient (Wildman–Crippen LogP) is 2.34. The van der Waals surface area contributed by atoms with Gasteiger partial charge in [0.25, 0.3) is 0 Å². The zero-order valence-corrected chi connectivity index (χ0v) is 14.1. The van der Waals surface area contributed by atoms with E-state index >= 15 is 0 Å². The van der Waals surface area contributed by atoms with Crippen LogP contribution in [0.25, 0.3) is 0 Å². The van der Waals surface area contributed by atoms with Crippen molar-refractivity contribution in [1.82, 2.24) is 10.3 Å². The summed E-state index contributed by atoms with van der Waals surface area (Å²) in [5, 5.41) is 6.18. The third kappa shape index (κ3) is 5.20. The number of carbonyl (C=O) groups is 1. The van der Waals surface area contributed by atoms with Gasteiger partial charge in [0.05, 0.1) is 17.1 Å². The van der Waals surface area contributed by atoms with E-state index in [-0.39, 0.29) is 36.8 Å². The van der Waals surface area contributed by atoms with Crippen molar-refractivity contribution in [2.24, 2.45) is 11.7 Å². The summed E-state index contributed by atoms with van der Waals surface area (Å²) in [6.45, 7) is 2.74. The fraction of sp³-hybridized carbons (Fsp3) is 0.692. The zero-order chi connectivity index (χ0) is 13.0. The van der Waals surface area contributed by atoms with Crippen molar-refractivity contribution in [3.05, 3.63) is 16.1 Å². The maximum Gasteiger partial charge on any atom is 0.226 e. The lowest BCUT2D eigenvalue weighted by molar-refractivity contribution is -0.121. The number of hydrogen-bond acceptors (Lipinski definition) is 4. The molecule has 0 bridgehead atoms. The molecule has 20 heavy (non-hydrogen) atoms. The van der Waals surface area contributed by atoms with Crippen molar-refractivity contribution in [3.63, 3.8) is 0 Å². The molecule has 0 aromatic carbocycles. The smallest absolute Gasteiger partial charge is 0.226 e. The monoisotopic (exact) mass is 339 g/mol. The Hall–Kier alpha value is -0.360. The summed E-state index contributed by atoms with van der Waals surface area (Å²) in [5.74, 6) is 0.531. The van der Waals surface area contributed by atoms with Crippen molar-refractivity contribution in [2.45, 2.75) is 45.1 Å². The minimum atomic E-state index is 0. The van der Waals surface area contributed by atoms with Gasteiger partial charge in [-0.3, -0.25) is 4.79 Å². The number of nitrogens with one attached hydrogen (secondary N) is 1. The van der Waals surface area contributed by atoms with E-state index in [1.165, 1.54) is 6.42 Å². The van der Waals surface area contributed by atoms with Crippen LogP contribution in [0.4, 0.5) is 0 Å². The van der Waals surface area contributed by atoms with E-state index in [9.17, 15) is 4.79 Å². The molecule has 0 spiro atoms. The number of nitrogens with zero attached hydrogens (tertiary/aromatic N) is 1. The van der Waals surface area contributed by atoms with Crippen LogP contribution in [0.15, 0.2) is 5.38 Å². The van der Waals surface area contributed by atoms with E-state index in [0.717, 1.165) is 30.0 Å². The summed E-state index contributed by atoms with van der Waals surface area (Å²) >= 11 is 1.63. The topological polar surface area (TPSA) is 68.0 Å². The van der Waals surface area contributed by atoms with Crippen molar-refractivity contribution < 1.29 is 4.79 Å². The third-order valence-electron chi connectivity index (χ3n) is 3.55. The molecule has 4 nitrogen and oxygen atoms in total. The Morgan fingerprint density at radius 3 is 2.85 bits per heavy atom. The second kappa shape index (κ2) is 9.55. The van der Waals surface area contributed by atoms with Crippen LogP contribution in [0.1, 0.15) is 36.9 Å². The first-order valence-corrected chi connectivity index (χ1v) is 7.53. The van der Waals surface area contributed by atoms with Gasteiger partial charge in [-0.1, -0.05) is 13.3 Å². The van der Waals surface area contributed by atoms with E-state index in [2.05, 4.69) is 17.2 Å². The molecule has 1 aliphatic rings. The summed E-state index contributed by atoms with van der Waals surface area (Å²) in [6.07, 6.45) is 4.70. The molecule has 116 valence electrons. The summed E-state index contributed by atoms with van der Waals surface area (Å²) < 4.78 is 0. The molecule has 3 N–H and O–H groups in total. The largest absolute Gasteiger partial charge is 0.353 e. The summed E-state index contributed by atoms with van der Waals surface area (Å²) in [5.41, 5.74) is 6.60. The van der Waals surface area contributed by atoms with E-state index in [4.69, 9.17) is 5.73 Å². The van der Waals surface area contributed by atoms with Gasteiger partial charge in [-0.15, -0.1) is 36.2 Å². The van der Waals surface area contributed by atoms with Gasteiger partial charge in [0, 0.05) is 11.4 Å². The molecule has 2 unspecified atom stereocenters. The number of hydrogen-bond donors (Lipinski definition) is 2. The van der Waals surface area contributed by atoms with Gasteiger partial charge < -0.3 is 11.1 Å². The van der Waals surface area contributed by atoms with Gasteiger partial charge in [-0.05, 0) is 31.7 Å². The highest BCUT2D eigenvalue weighted by Crippen LogP contribution is 2.24. The Kier molecular flexibility index (Phi) is 9.38. The van der Waals surface area contributed by atoms with Crippen LogP contribution >= 0.6 is 36.2 Å². The average molecular weight is 340 g/mol. The number of halogens is 2. The first kappa shape index (κ1) is 19.6. The number of thiazole rings is 1. The minimum Gasteiger partial charge on any atom is -0.353 e. The highest BCUT2D eigenvalue weighted by atomic mass is 35.5. The first-order valence-electron chi connectivity index (χ1n) is 6.65. The Morgan fingerprint density at radius 1 is 1.50 bits per heavy atom. The van der Waals surface area contributed by atoms with Crippen molar-refractivity contribution >= 4 is 42.1 Å². The van der Waals surface area contributed by atoms with Crippen LogP contribution in [-0.4, -0.2) is 23.5 Å². The first-order chi connectivity index (χ1) is 8.72. The van der Waals surface area contributed by atoms with Gasteiger partial charge in [-0.2, -0.15) is 0 Å². The average Bonchev–Trinajstić information content (AvgIpc) is 2.97. The molecule has 2 atom stereocenters. The van der Waals surface area contributed by atoms with Crippen molar-refractivity contribution in [2.75, 3.05) is 6.54 Å². The van der Waals surface area contributed by atoms with E-state index < -0.39 is 0 Å². The molecule has 2 rings (SSSR count). The lowest BCUT2D eigenvalue weighted by Gasteiger charge is -2.19. The molecular formula is C13H23Cl2N3OS. The quantitative estimate of drug-likeness (QED) is 0.864. The SMILES string of the molecule is CCc1nc(CC(=O)NC2CCCC2CN)cs1.Cl.Cl. The van der Waals surface area contributed by atoms with Crippen molar-refractivity contribution in [1.29, 1.82) is 0 Å². The summed E-state index contributed by atoms with van der Waals surface area (Å²) in [6, 6.07) is 0.270. The maximum absolute atomic E-state index is 11.9. The molecule has 1 aromatic heterocycles. The zero-order valence-electron chi connectivity index (χ0n) is 11.6. The van der Waals surface area contributed by atoms with Crippen molar-refractivity contribution in [3.8, 4) is 0 Å². The molecule has 0 radical (unpaired) electrons. The van der Waals surface area contributed by atoms with Crippen LogP contribution in [0.5, 0.6) is 0 Å². The van der Waals surface area contributed by atoms with Gasteiger partial charge >= 0.3 is 0 Å². The highest BCUT2D eigenvalue weighted by Gasteiger charge is 2.27. The predicted molar refractivity (Wildman–Crippen MR) is 88.0 cm³/mol. The normalized spacial score (nSPS) is 20.9. The molecule has 0 saturated heterocycles. The lowest BCUT2D eigenvalue weighted by Crippen LogP contribution is -2.40. The van der Waals surface area contributed by atoms with Crippen LogP contribution in [0.2, 0.25) is 0 Å². The fourth-order valence-corrected chi connectivity index (χ4v) is 3.27. The number of aryl methyl sites for hydroxylation is 1. The fourth-order valence-electron chi connectivity index (χ4n) is 2.52. The third-order valence-corrected chi connectivity index (χ3v) is 4.59. The number of amides is 1. The molecule has 7 heteroatoms. The molecule has 1 fully saturated rings.